The number of carbonyl (C=O) groups excluding carboxylic acids is 1. The van der Waals surface area contributed by atoms with Gasteiger partial charge in [-0.25, -0.2) is 0 Å². The molecular formula is C13H12ClNO2. The van der Waals surface area contributed by atoms with Gasteiger partial charge in [-0.3, -0.25) is 9.78 Å². The van der Waals surface area contributed by atoms with Crippen molar-refractivity contribution in [3.05, 3.63) is 42.1 Å². The van der Waals surface area contributed by atoms with Crippen LogP contribution < -0.4 is 0 Å². The van der Waals surface area contributed by atoms with Crippen molar-refractivity contribution in [2.75, 3.05) is 7.11 Å². The van der Waals surface area contributed by atoms with Crippen LogP contribution in [0.15, 0.2) is 36.5 Å². The number of para-hydroxylation sites is 1. The van der Waals surface area contributed by atoms with Crippen LogP contribution in [0.5, 0.6) is 0 Å². The van der Waals surface area contributed by atoms with Gasteiger partial charge >= 0.3 is 5.97 Å². The maximum atomic E-state index is 11.3. The first kappa shape index (κ1) is 11.9. The molecule has 4 heteroatoms. The Labute approximate surface area is 104 Å². The van der Waals surface area contributed by atoms with Crippen LogP contribution in [0.4, 0.5) is 0 Å². The number of aromatic nitrogens is 1. The molecule has 1 unspecified atom stereocenters. The summed E-state index contributed by atoms with van der Waals surface area (Å²) in [5.74, 6) is -0.417. The minimum atomic E-state index is -0.674. The Morgan fingerprint density at radius 2 is 2.18 bits per heavy atom. The summed E-state index contributed by atoms with van der Waals surface area (Å²) < 4.78 is 4.60. The highest BCUT2D eigenvalue weighted by Gasteiger charge is 2.17. The number of ether oxygens (including phenoxy) is 1. The largest absolute Gasteiger partial charge is 0.468 e. The average molecular weight is 250 g/mol. The molecule has 0 radical (unpaired) electrons. The number of hydrogen-bond donors (Lipinski definition) is 0. The zero-order chi connectivity index (χ0) is 12.3. The van der Waals surface area contributed by atoms with E-state index in [0.29, 0.717) is 6.42 Å². The van der Waals surface area contributed by atoms with E-state index in [1.54, 1.807) is 6.20 Å². The molecule has 1 heterocycles. The summed E-state index contributed by atoms with van der Waals surface area (Å²) in [6.07, 6.45) is 2.15. The predicted octanol–water partition coefficient (Wildman–Crippen LogP) is 2.56. The molecular weight excluding hydrogens is 238 g/mol. The first-order valence-corrected chi connectivity index (χ1v) is 5.70. The van der Waals surface area contributed by atoms with Gasteiger partial charge in [0.1, 0.15) is 5.38 Å². The van der Waals surface area contributed by atoms with Gasteiger partial charge in [0.2, 0.25) is 0 Å². The molecule has 0 fully saturated rings. The van der Waals surface area contributed by atoms with E-state index in [0.717, 1.165) is 16.5 Å². The van der Waals surface area contributed by atoms with Crippen LogP contribution in [0, 0.1) is 0 Å². The van der Waals surface area contributed by atoms with Crippen molar-refractivity contribution in [1.29, 1.82) is 0 Å². The Balaban J connectivity index is 2.33. The Hall–Kier alpha value is -1.61. The average Bonchev–Trinajstić information content (AvgIpc) is 2.38. The number of halogens is 1. The van der Waals surface area contributed by atoms with Gasteiger partial charge in [0.15, 0.2) is 0 Å². The summed E-state index contributed by atoms with van der Waals surface area (Å²) in [6, 6.07) is 9.69. The molecule has 0 aliphatic rings. The van der Waals surface area contributed by atoms with E-state index >= 15 is 0 Å². The van der Waals surface area contributed by atoms with Crippen molar-refractivity contribution in [1.82, 2.24) is 4.98 Å². The van der Waals surface area contributed by atoms with Gasteiger partial charge < -0.3 is 4.74 Å². The van der Waals surface area contributed by atoms with Gasteiger partial charge in [0.25, 0.3) is 0 Å². The lowest BCUT2D eigenvalue weighted by Crippen LogP contribution is -2.18. The molecule has 0 saturated carbocycles. The Bertz CT molecular complexity index is 536. The lowest BCUT2D eigenvalue weighted by molar-refractivity contribution is -0.140. The lowest BCUT2D eigenvalue weighted by atomic mass is 10.1. The van der Waals surface area contributed by atoms with E-state index < -0.39 is 11.3 Å². The molecule has 17 heavy (non-hydrogen) atoms. The fourth-order valence-corrected chi connectivity index (χ4v) is 1.99. The number of pyridine rings is 1. The highest BCUT2D eigenvalue weighted by Crippen LogP contribution is 2.19. The topological polar surface area (TPSA) is 39.2 Å². The maximum Gasteiger partial charge on any atom is 0.324 e. The zero-order valence-electron chi connectivity index (χ0n) is 9.39. The number of alkyl halides is 1. The zero-order valence-corrected chi connectivity index (χ0v) is 10.1. The second-order valence-corrected chi connectivity index (χ2v) is 4.21. The summed E-state index contributed by atoms with van der Waals surface area (Å²) in [7, 11) is 1.33. The molecule has 3 nitrogen and oxygen atoms in total. The fourth-order valence-electron chi connectivity index (χ4n) is 1.74. The number of rotatable bonds is 3. The van der Waals surface area contributed by atoms with E-state index in [4.69, 9.17) is 11.6 Å². The van der Waals surface area contributed by atoms with Gasteiger partial charge in [-0.2, -0.15) is 0 Å². The van der Waals surface area contributed by atoms with Crippen LogP contribution in [0.25, 0.3) is 10.9 Å². The molecule has 1 atom stereocenters. The minimum Gasteiger partial charge on any atom is -0.468 e. The monoisotopic (exact) mass is 249 g/mol. The number of fused-ring (bicyclic) bond motifs is 1. The van der Waals surface area contributed by atoms with Gasteiger partial charge in [0.05, 0.1) is 12.6 Å². The molecule has 0 aliphatic carbocycles. The quantitative estimate of drug-likeness (QED) is 0.620. The van der Waals surface area contributed by atoms with Crippen LogP contribution >= 0.6 is 11.6 Å². The van der Waals surface area contributed by atoms with E-state index in [-0.39, 0.29) is 0 Å². The van der Waals surface area contributed by atoms with Crippen LogP contribution in [0.1, 0.15) is 5.56 Å². The standard InChI is InChI=1S/C13H12ClNO2/c1-17-13(16)11(14)8-10-5-2-4-9-6-3-7-15-12(9)10/h2-7,11H,8H2,1H3. The van der Waals surface area contributed by atoms with Crippen LogP contribution in [0.2, 0.25) is 0 Å². The Morgan fingerprint density at radius 3 is 2.94 bits per heavy atom. The summed E-state index contributed by atoms with van der Waals surface area (Å²) >= 11 is 5.96. The summed E-state index contributed by atoms with van der Waals surface area (Å²) in [6.45, 7) is 0. The van der Waals surface area contributed by atoms with Crippen molar-refractivity contribution in [2.45, 2.75) is 11.8 Å². The summed E-state index contributed by atoms with van der Waals surface area (Å²) in [4.78, 5) is 15.6. The summed E-state index contributed by atoms with van der Waals surface area (Å²) in [5, 5.41) is 0.367. The van der Waals surface area contributed by atoms with Crippen molar-refractivity contribution in [2.24, 2.45) is 0 Å². The third-order valence-electron chi connectivity index (χ3n) is 2.57. The van der Waals surface area contributed by atoms with Crippen LogP contribution in [0.3, 0.4) is 0 Å². The predicted molar refractivity (Wildman–Crippen MR) is 67.1 cm³/mol. The number of nitrogens with zero attached hydrogens (tertiary/aromatic N) is 1. The number of hydrogen-bond acceptors (Lipinski definition) is 3. The second kappa shape index (κ2) is 5.15. The van der Waals surface area contributed by atoms with E-state index in [2.05, 4.69) is 9.72 Å². The van der Waals surface area contributed by atoms with Crippen molar-refractivity contribution in [3.8, 4) is 0 Å². The van der Waals surface area contributed by atoms with Gasteiger partial charge in [-0.05, 0) is 11.6 Å². The highest BCUT2D eigenvalue weighted by atomic mass is 35.5. The third kappa shape index (κ3) is 2.56. The molecule has 1 aromatic carbocycles. The summed E-state index contributed by atoms with van der Waals surface area (Å²) in [5.41, 5.74) is 1.83. The SMILES string of the molecule is COC(=O)C(Cl)Cc1cccc2cccnc12. The van der Waals surface area contributed by atoms with Crippen LogP contribution in [-0.2, 0) is 16.0 Å². The number of carbonyl (C=O) groups is 1. The van der Waals surface area contributed by atoms with Gasteiger partial charge in [-0.1, -0.05) is 24.3 Å². The first-order chi connectivity index (χ1) is 8.22. The molecule has 0 bridgehead atoms. The minimum absolute atomic E-state index is 0.417. The smallest absolute Gasteiger partial charge is 0.324 e. The van der Waals surface area contributed by atoms with E-state index in [1.165, 1.54) is 7.11 Å². The third-order valence-corrected chi connectivity index (χ3v) is 2.90. The number of esters is 1. The molecule has 1 aromatic heterocycles. The molecule has 0 N–H and O–H groups in total. The molecule has 2 aromatic rings. The molecule has 0 spiro atoms. The second-order valence-electron chi connectivity index (χ2n) is 3.69. The van der Waals surface area contributed by atoms with Crippen molar-refractivity contribution < 1.29 is 9.53 Å². The Morgan fingerprint density at radius 1 is 1.41 bits per heavy atom. The van der Waals surface area contributed by atoms with E-state index in [9.17, 15) is 4.79 Å². The fraction of sp³-hybridized carbons (Fsp3) is 0.231. The van der Waals surface area contributed by atoms with E-state index in [1.807, 2.05) is 30.3 Å². The van der Waals surface area contributed by atoms with Gasteiger partial charge in [0, 0.05) is 18.0 Å². The van der Waals surface area contributed by atoms with Crippen LogP contribution in [-0.4, -0.2) is 23.4 Å². The number of benzene rings is 1. The Kier molecular flexibility index (Phi) is 3.59. The molecule has 0 saturated heterocycles. The maximum absolute atomic E-state index is 11.3. The van der Waals surface area contributed by atoms with Crippen molar-refractivity contribution in [3.63, 3.8) is 0 Å². The normalized spacial score (nSPS) is 12.4. The molecule has 0 aliphatic heterocycles. The van der Waals surface area contributed by atoms with Crippen molar-refractivity contribution >= 4 is 28.5 Å². The molecule has 2 rings (SSSR count). The lowest BCUT2D eigenvalue weighted by Gasteiger charge is -2.09. The molecule has 0 amide bonds. The highest BCUT2D eigenvalue weighted by molar-refractivity contribution is 6.30. The first-order valence-electron chi connectivity index (χ1n) is 5.27. The molecule has 88 valence electrons. The van der Waals surface area contributed by atoms with Gasteiger partial charge in [-0.15, -0.1) is 11.6 Å². The number of methoxy groups -OCH3 is 1.